The van der Waals surface area contributed by atoms with Crippen LogP contribution >= 0.6 is 0 Å². The number of rotatable bonds is 6. The van der Waals surface area contributed by atoms with Gasteiger partial charge in [0.05, 0.1) is 0 Å². The van der Waals surface area contributed by atoms with E-state index in [1.807, 2.05) is 36.4 Å². The number of benzene rings is 2. The molecule has 2 aromatic rings. The summed E-state index contributed by atoms with van der Waals surface area (Å²) in [7, 11) is 2.22. The van der Waals surface area contributed by atoms with Crippen molar-refractivity contribution in [3.05, 3.63) is 60.2 Å². The molecule has 2 unspecified atom stereocenters. The fraction of sp³-hybridized carbons (Fsp3) is 0.429. The summed E-state index contributed by atoms with van der Waals surface area (Å²) in [5.74, 6) is 1.72. The molecule has 134 valence electrons. The van der Waals surface area contributed by atoms with Crippen LogP contribution in [-0.2, 0) is 0 Å². The second kappa shape index (κ2) is 8.48. The number of likely N-dealkylation sites (N-methyl/N-ethyl adjacent to an activating group) is 1. The number of nitrogens with zero attached hydrogens (tertiary/aromatic N) is 2. The summed E-state index contributed by atoms with van der Waals surface area (Å²) in [5.41, 5.74) is 7.40. The first kappa shape index (κ1) is 17.9. The predicted molar refractivity (Wildman–Crippen MR) is 103 cm³/mol. The number of para-hydroxylation sites is 1. The van der Waals surface area contributed by atoms with Crippen molar-refractivity contribution in [2.75, 3.05) is 33.2 Å². The Balaban J connectivity index is 1.76. The van der Waals surface area contributed by atoms with Crippen molar-refractivity contribution in [2.24, 2.45) is 5.73 Å². The molecule has 2 N–H and O–H groups in total. The molecule has 0 amide bonds. The van der Waals surface area contributed by atoms with E-state index >= 15 is 0 Å². The molecule has 3 rings (SSSR count). The van der Waals surface area contributed by atoms with Gasteiger partial charge in [0.1, 0.15) is 11.5 Å². The van der Waals surface area contributed by atoms with Crippen molar-refractivity contribution < 1.29 is 4.74 Å². The van der Waals surface area contributed by atoms with E-state index in [2.05, 4.69) is 42.0 Å². The lowest BCUT2D eigenvalue weighted by Crippen LogP contribution is -2.53. The number of ether oxygens (including phenoxy) is 1. The van der Waals surface area contributed by atoms with Crippen LogP contribution in [0.4, 0.5) is 0 Å². The molecule has 0 spiro atoms. The van der Waals surface area contributed by atoms with Gasteiger partial charge in [0, 0.05) is 38.3 Å². The molecule has 0 aliphatic carbocycles. The van der Waals surface area contributed by atoms with Gasteiger partial charge in [-0.25, -0.2) is 0 Å². The Kier molecular flexibility index (Phi) is 6.08. The summed E-state index contributed by atoms with van der Waals surface area (Å²) in [4.78, 5) is 4.98. The third-order valence-electron chi connectivity index (χ3n) is 5.17. The van der Waals surface area contributed by atoms with Crippen LogP contribution in [0, 0.1) is 0 Å². The third-order valence-corrected chi connectivity index (χ3v) is 5.17. The molecule has 0 bridgehead atoms. The van der Waals surface area contributed by atoms with Gasteiger partial charge in [0.25, 0.3) is 0 Å². The first-order valence-corrected chi connectivity index (χ1v) is 9.18. The maximum absolute atomic E-state index is 6.16. The Bertz CT molecular complexity index is 661. The topological polar surface area (TPSA) is 41.7 Å². The smallest absolute Gasteiger partial charge is 0.127 e. The molecule has 0 saturated carbocycles. The summed E-state index contributed by atoms with van der Waals surface area (Å²) in [6, 6.07) is 19.1. The Morgan fingerprint density at radius 2 is 1.84 bits per heavy atom. The van der Waals surface area contributed by atoms with Crippen LogP contribution in [0.5, 0.6) is 11.5 Å². The van der Waals surface area contributed by atoms with Gasteiger partial charge in [-0.1, -0.05) is 37.3 Å². The summed E-state index contributed by atoms with van der Waals surface area (Å²) in [5, 5.41) is 0. The highest BCUT2D eigenvalue weighted by atomic mass is 16.5. The molecule has 1 saturated heterocycles. The fourth-order valence-corrected chi connectivity index (χ4v) is 3.60. The molecule has 4 nitrogen and oxygen atoms in total. The van der Waals surface area contributed by atoms with Gasteiger partial charge in [0.2, 0.25) is 0 Å². The lowest BCUT2D eigenvalue weighted by atomic mass is 10.0. The summed E-state index contributed by atoms with van der Waals surface area (Å²) in [6.45, 7) is 6.10. The van der Waals surface area contributed by atoms with E-state index in [4.69, 9.17) is 10.5 Å². The molecule has 25 heavy (non-hydrogen) atoms. The lowest BCUT2D eigenvalue weighted by Gasteiger charge is -2.42. The second-order valence-corrected chi connectivity index (χ2v) is 6.78. The second-order valence-electron chi connectivity index (χ2n) is 6.78. The van der Waals surface area contributed by atoms with Gasteiger partial charge in [-0.3, -0.25) is 4.90 Å². The van der Waals surface area contributed by atoms with Crippen molar-refractivity contribution in [2.45, 2.75) is 25.4 Å². The Morgan fingerprint density at radius 1 is 1.08 bits per heavy atom. The molecule has 1 aliphatic heterocycles. The SMILES string of the molecule is CCC1CN(C(CN)c2cccc(Oc3ccccc3)c2)CCN1C. The number of hydrogen-bond acceptors (Lipinski definition) is 4. The van der Waals surface area contributed by atoms with Crippen molar-refractivity contribution in [3.8, 4) is 11.5 Å². The zero-order chi connectivity index (χ0) is 17.6. The van der Waals surface area contributed by atoms with E-state index in [9.17, 15) is 0 Å². The van der Waals surface area contributed by atoms with E-state index in [1.54, 1.807) is 0 Å². The molecule has 0 aromatic heterocycles. The maximum atomic E-state index is 6.16. The van der Waals surface area contributed by atoms with Crippen molar-refractivity contribution in [1.29, 1.82) is 0 Å². The van der Waals surface area contributed by atoms with E-state index in [-0.39, 0.29) is 6.04 Å². The van der Waals surface area contributed by atoms with Crippen LogP contribution in [-0.4, -0.2) is 49.1 Å². The quantitative estimate of drug-likeness (QED) is 0.874. The first-order chi connectivity index (χ1) is 12.2. The molecule has 1 heterocycles. The molecular weight excluding hydrogens is 310 g/mol. The monoisotopic (exact) mass is 339 g/mol. The third kappa shape index (κ3) is 4.40. The molecule has 4 heteroatoms. The van der Waals surface area contributed by atoms with Crippen LogP contribution in [0.25, 0.3) is 0 Å². The van der Waals surface area contributed by atoms with Crippen LogP contribution in [0.2, 0.25) is 0 Å². The summed E-state index contributed by atoms with van der Waals surface area (Å²) >= 11 is 0. The van der Waals surface area contributed by atoms with Crippen molar-refractivity contribution in [1.82, 2.24) is 9.80 Å². The number of piperazine rings is 1. The van der Waals surface area contributed by atoms with E-state index in [1.165, 1.54) is 12.0 Å². The number of nitrogens with two attached hydrogens (primary N) is 1. The number of hydrogen-bond donors (Lipinski definition) is 1. The zero-order valence-electron chi connectivity index (χ0n) is 15.3. The van der Waals surface area contributed by atoms with E-state index in [0.29, 0.717) is 12.6 Å². The highest BCUT2D eigenvalue weighted by molar-refractivity contribution is 5.35. The average Bonchev–Trinajstić information content (AvgIpc) is 2.65. The van der Waals surface area contributed by atoms with Gasteiger partial charge < -0.3 is 15.4 Å². The zero-order valence-corrected chi connectivity index (χ0v) is 15.3. The Labute approximate surface area is 151 Å². The highest BCUT2D eigenvalue weighted by Crippen LogP contribution is 2.28. The maximum Gasteiger partial charge on any atom is 0.127 e. The summed E-state index contributed by atoms with van der Waals surface area (Å²) < 4.78 is 5.99. The normalized spacial score (nSPS) is 20.4. The van der Waals surface area contributed by atoms with E-state index < -0.39 is 0 Å². The molecule has 2 aromatic carbocycles. The van der Waals surface area contributed by atoms with Gasteiger partial charge in [0.15, 0.2) is 0 Å². The van der Waals surface area contributed by atoms with Crippen molar-refractivity contribution >= 4 is 0 Å². The van der Waals surface area contributed by atoms with Crippen LogP contribution in [0.15, 0.2) is 54.6 Å². The van der Waals surface area contributed by atoms with Gasteiger partial charge in [-0.05, 0) is 43.3 Å². The minimum Gasteiger partial charge on any atom is -0.457 e. The van der Waals surface area contributed by atoms with Crippen molar-refractivity contribution in [3.63, 3.8) is 0 Å². The molecule has 1 aliphatic rings. The van der Waals surface area contributed by atoms with Crippen LogP contribution in [0.3, 0.4) is 0 Å². The minimum absolute atomic E-state index is 0.238. The van der Waals surface area contributed by atoms with Gasteiger partial charge in [-0.2, -0.15) is 0 Å². The molecular formula is C21H29N3O. The standard InChI is InChI=1S/C21H29N3O/c1-3-18-16-24(13-12-23(18)2)21(15-22)17-8-7-11-20(14-17)25-19-9-5-4-6-10-19/h4-11,14,18,21H,3,12-13,15-16,22H2,1-2H3. The molecule has 2 atom stereocenters. The van der Waals surface area contributed by atoms with Gasteiger partial charge in [-0.15, -0.1) is 0 Å². The average molecular weight is 339 g/mol. The largest absolute Gasteiger partial charge is 0.457 e. The first-order valence-electron chi connectivity index (χ1n) is 9.18. The Morgan fingerprint density at radius 3 is 2.56 bits per heavy atom. The van der Waals surface area contributed by atoms with Crippen LogP contribution < -0.4 is 10.5 Å². The molecule has 1 fully saturated rings. The summed E-state index contributed by atoms with van der Waals surface area (Å²) in [6.07, 6.45) is 1.17. The predicted octanol–water partition coefficient (Wildman–Crippen LogP) is 3.50. The minimum atomic E-state index is 0.238. The Hall–Kier alpha value is -1.88. The lowest BCUT2D eigenvalue weighted by molar-refractivity contribution is 0.0643. The van der Waals surface area contributed by atoms with E-state index in [0.717, 1.165) is 31.1 Å². The van der Waals surface area contributed by atoms with Gasteiger partial charge >= 0.3 is 0 Å². The van der Waals surface area contributed by atoms with Crippen LogP contribution in [0.1, 0.15) is 24.9 Å². The molecule has 0 radical (unpaired) electrons. The highest BCUT2D eigenvalue weighted by Gasteiger charge is 2.28. The fourth-order valence-electron chi connectivity index (χ4n) is 3.60.